The van der Waals surface area contributed by atoms with Gasteiger partial charge in [0.15, 0.2) is 11.6 Å². The smallest absolute Gasteiger partial charge is 0.335 e. The quantitative estimate of drug-likeness (QED) is 0.675. The van der Waals surface area contributed by atoms with Crippen LogP contribution < -0.4 is 9.47 Å². The van der Waals surface area contributed by atoms with Gasteiger partial charge in [0.1, 0.15) is 12.4 Å². The molecule has 0 aromatic heterocycles. The van der Waals surface area contributed by atoms with E-state index in [9.17, 15) is 9.18 Å². The zero-order chi connectivity index (χ0) is 20.9. The summed E-state index contributed by atoms with van der Waals surface area (Å²) in [6.07, 6.45) is 7.88. The topological polar surface area (TPSA) is 55.8 Å². The van der Waals surface area contributed by atoms with Crippen molar-refractivity contribution in [3.8, 4) is 11.5 Å². The van der Waals surface area contributed by atoms with Crippen LogP contribution in [-0.2, 0) is 12.0 Å². The molecule has 0 saturated heterocycles. The number of methoxy groups -OCH3 is 1. The van der Waals surface area contributed by atoms with Gasteiger partial charge in [0.05, 0.1) is 12.7 Å². The van der Waals surface area contributed by atoms with Gasteiger partial charge < -0.3 is 14.6 Å². The SMILES string of the molecule is COc1ccc(COc2ccc(C(=O)O)cc2F)cc1C12CC3CC(CC(C3)C1)C2. The van der Waals surface area contributed by atoms with E-state index in [1.54, 1.807) is 7.11 Å². The number of ether oxygens (including phenoxy) is 2. The normalized spacial score (nSPS) is 29.1. The molecule has 0 unspecified atom stereocenters. The molecule has 4 aliphatic carbocycles. The van der Waals surface area contributed by atoms with E-state index >= 15 is 0 Å². The standard InChI is InChI=1S/C25H27FO4/c1-29-22-4-2-15(14-30-23-5-3-19(24(27)28)10-21(23)26)9-20(22)25-11-16-6-17(12-25)8-18(7-16)13-25/h2-5,9-10,16-18H,6-8,11-14H2,1H3,(H,27,28). The van der Waals surface area contributed by atoms with E-state index in [1.165, 1.54) is 56.2 Å². The van der Waals surface area contributed by atoms with Crippen molar-refractivity contribution >= 4 is 5.97 Å². The first kappa shape index (κ1) is 19.4. The lowest BCUT2D eigenvalue weighted by Gasteiger charge is -2.57. The number of benzene rings is 2. The minimum absolute atomic E-state index is 0.0622. The minimum atomic E-state index is -1.16. The van der Waals surface area contributed by atoms with Gasteiger partial charge in [-0.25, -0.2) is 9.18 Å². The van der Waals surface area contributed by atoms with Gasteiger partial charge in [-0.2, -0.15) is 0 Å². The summed E-state index contributed by atoms with van der Waals surface area (Å²) in [5.41, 5.74) is 2.37. The molecule has 30 heavy (non-hydrogen) atoms. The van der Waals surface area contributed by atoms with E-state index < -0.39 is 11.8 Å². The molecule has 4 fully saturated rings. The second-order valence-electron chi connectivity index (χ2n) is 9.47. The number of carboxylic acids is 1. The average molecular weight is 410 g/mol. The maximum absolute atomic E-state index is 14.2. The van der Waals surface area contributed by atoms with Crippen LogP contribution in [0.2, 0.25) is 0 Å². The van der Waals surface area contributed by atoms with Crippen LogP contribution in [0.5, 0.6) is 11.5 Å². The summed E-state index contributed by atoms with van der Waals surface area (Å²) >= 11 is 0. The Morgan fingerprint density at radius 1 is 1.03 bits per heavy atom. The largest absolute Gasteiger partial charge is 0.496 e. The average Bonchev–Trinajstić information content (AvgIpc) is 2.71. The lowest BCUT2D eigenvalue weighted by Crippen LogP contribution is -2.48. The van der Waals surface area contributed by atoms with E-state index in [2.05, 4.69) is 6.07 Å². The molecule has 0 radical (unpaired) electrons. The van der Waals surface area contributed by atoms with E-state index in [0.717, 1.165) is 35.1 Å². The van der Waals surface area contributed by atoms with Gasteiger partial charge in [-0.15, -0.1) is 0 Å². The summed E-state index contributed by atoms with van der Waals surface area (Å²) < 4.78 is 25.7. The highest BCUT2D eigenvalue weighted by atomic mass is 19.1. The Hall–Kier alpha value is -2.56. The third kappa shape index (κ3) is 3.34. The van der Waals surface area contributed by atoms with Gasteiger partial charge in [-0.1, -0.05) is 6.07 Å². The molecule has 0 heterocycles. The van der Waals surface area contributed by atoms with Crippen molar-refractivity contribution in [2.24, 2.45) is 17.8 Å². The Balaban J connectivity index is 1.40. The van der Waals surface area contributed by atoms with Gasteiger partial charge in [0.25, 0.3) is 0 Å². The monoisotopic (exact) mass is 410 g/mol. The molecule has 6 rings (SSSR count). The molecule has 4 nitrogen and oxygen atoms in total. The molecule has 2 aromatic carbocycles. The van der Waals surface area contributed by atoms with Crippen molar-refractivity contribution in [1.29, 1.82) is 0 Å². The van der Waals surface area contributed by atoms with Crippen LogP contribution in [0.15, 0.2) is 36.4 Å². The molecule has 1 N–H and O–H groups in total. The van der Waals surface area contributed by atoms with E-state index in [0.29, 0.717) is 0 Å². The number of carbonyl (C=O) groups is 1. The minimum Gasteiger partial charge on any atom is -0.496 e. The predicted molar refractivity (Wildman–Crippen MR) is 111 cm³/mol. The van der Waals surface area contributed by atoms with Crippen molar-refractivity contribution in [3.63, 3.8) is 0 Å². The van der Waals surface area contributed by atoms with Crippen LogP contribution in [0.1, 0.15) is 60.0 Å². The number of aromatic carboxylic acids is 1. The molecule has 5 heteroatoms. The molecular formula is C25H27FO4. The molecule has 0 spiro atoms. The third-order valence-corrected chi connectivity index (χ3v) is 7.45. The lowest BCUT2D eigenvalue weighted by molar-refractivity contribution is -0.00621. The highest BCUT2D eigenvalue weighted by Gasteiger charge is 2.52. The molecule has 158 valence electrons. The van der Waals surface area contributed by atoms with E-state index in [1.807, 2.05) is 12.1 Å². The fraction of sp³-hybridized carbons (Fsp3) is 0.480. The third-order valence-electron chi connectivity index (χ3n) is 7.45. The Morgan fingerprint density at radius 2 is 1.67 bits per heavy atom. The number of carboxylic acid groups (broad SMARTS) is 1. The second-order valence-corrected chi connectivity index (χ2v) is 9.47. The fourth-order valence-electron chi connectivity index (χ4n) is 6.61. The first-order valence-corrected chi connectivity index (χ1v) is 10.8. The predicted octanol–water partition coefficient (Wildman–Crippen LogP) is 5.58. The molecule has 0 amide bonds. The van der Waals surface area contributed by atoms with Crippen molar-refractivity contribution in [2.45, 2.75) is 50.5 Å². The van der Waals surface area contributed by atoms with Crippen LogP contribution in [0.3, 0.4) is 0 Å². The van der Waals surface area contributed by atoms with Crippen molar-refractivity contribution < 1.29 is 23.8 Å². The van der Waals surface area contributed by atoms with Gasteiger partial charge >= 0.3 is 5.97 Å². The number of hydrogen-bond acceptors (Lipinski definition) is 3. The lowest BCUT2D eigenvalue weighted by atomic mass is 9.48. The zero-order valence-electron chi connectivity index (χ0n) is 17.2. The number of rotatable bonds is 6. The van der Waals surface area contributed by atoms with Crippen LogP contribution >= 0.6 is 0 Å². The van der Waals surface area contributed by atoms with E-state index in [4.69, 9.17) is 14.6 Å². The van der Waals surface area contributed by atoms with Crippen molar-refractivity contribution in [3.05, 3.63) is 58.9 Å². The number of hydrogen-bond donors (Lipinski definition) is 1. The molecular weight excluding hydrogens is 383 g/mol. The molecule has 0 atom stereocenters. The van der Waals surface area contributed by atoms with E-state index in [-0.39, 0.29) is 23.3 Å². The summed E-state index contributed by atoms with van der Waals surface area (Å²) in [6.45, 7) is 0.229. The highest BCUT2D eigenvalue weighted by molar-refractivity contribution is 5.87. The molecule has 4 aliphatic rings. The summed E-state index contributed by atoms with van der Waals surface area (Å²) in [5.74, 6) is 1.69. The molecule has 4 saturated carbocycles. The molecule has 4 bridgehead atoms. The molecule has 0 aliphatic heterocycles. The zero-order valence-corrected chi connectivity index (χ0v) is 17.2. The second kappa shape index (κ2) is 7.29. The van der Waals surface area contributed by atoms with Crippen LogP contribution in [0, 0.1) is 23.6 Å². The summed E-state index contributed by atoms with van der Waals surface area (Å²) in [7, 11) is 1.73. The van der Waals surface area contributed by atoms with Crippen LogP contribution in [0.4, 0.5) is 4.39 Å². The van der Waals surface area contributed by atoms with Gasteiger partial charge in [0.2, 0.25) is 0 Å². The Labute approximate surface area is 176 Å². The fourth-order valence-corrected chi connectivity index (χ4v) is 6.61. The Morgan fingerprint density at radius 3 is 2.23 bits per heavy atom. The van der Waals surface area contributed by atoms with Crippen LogP contribution in [-0.4, -0.2) is 18.2 Å². The van der Waals surface area contributed by atoms with Gasteiger partial charge in [0, 0.05) is 5.56 Å². The van der Waals surface area contributed by atoms with Crippen molar-refractivity contribution in [1.82, 2.24) is 0 Å². The van der Waals surface area contributed by atoms with Crippen molar-refractivity contribution in [2.75, 3.05) is 7.11 Å². The molecule has 2 aromatic rings. The Bertz CT molecular complexity index is 948. The first-order valence-electron chi connectivity index (χ1n) is 10.8. The maximum atomic E-state index is 14.2. The first-order chi connectivity index (χ1) is 14.5. The number of halogens is 1. The van der Waals surface area contributed by atoms with Crippen LogP contribution in [0.25, 0.3) is 0 Å². The van der Waals surface area contributed by atoms with Gasteiger partial charge in [-0.3, -0.25) is 0 Å². The highest BCUT2D eigenvalue weighted by Crippen LogP contribution is 2.61. The summed E-state index contributed by atoms with van der Waals surface area (Å²) in [5, 5.41) is 8.99. The summed E-state index contributed by atoms with van der Waals surface area (Å²) in [4.78, 5) is 11.0. The van der Waals surface area contributed by atoms with Gasteiger partial charge in [-0.05, 0) is 97.6 Å². The maximum Gasteiger partial charge on any atom is 0.335 e. The summed E-state index contributed by atoms with van der Waals surface area (Å²) in [6, 6.07) is 9.89. The Kier molecular flexibility index (Phi) is 4.72.